The van der Waals surface area contributed by atoms with E-state index in [2.05, 4.69) is 81.8 Å². The molecular formula is C20H22N+. The van der Waals surface area contributed by atoms with E-state index in [1.54, 1.807) is 0 Å². The zero-order chi connectivity index (χ0) is 15.1. The summed E-state index contributed by atoms with van der Waals surface area (Å²) in [5, 5.41) is 1.32. The molecule has 0 radical (unpaired) electrons. The molecule has 0 N–H and O–H groups in total. The summed E-state index contributed by atoms with van der Waals surface area (Å²) in [5.74, 6) is 0. The smallest absolute Gasteiger partial charge is 0.194 e. The highest BCUT2D eigenvalue weighted by molar-refractivity contribution is 5.81. The number of hydrogen-bond acceptors (Lipinski definition) is 0. The molecule has 0 aliphatic carbocycles. The van der Waals surface area contributed by atoms with Gasteiger partial charge in [0.15, 0.2) is 0 Å². The van der Waals surface area contributed by atoms with Gasteiger partial charge < -0.3 is 0 Å². The standard InChI is InChI=1S/C20H22N/c1-13-11-15(3)16(4)18(12-13)20-10-9-17-14(2)7-6-8-19(17)21(20)5/h6-12H,1-5H3/q+1. The van der Waals surface area contributed by atoms with Crippen molar-refractivity contribution in [1.29, 1.82) is 0 Å². The molecule has 0 aliphatic rings. The summed E-state index contributed by atoms with van der Waals surface area (Å²) >= 11 is 0. The second kappa shape index (κ2) is 5.00. The van der Waals surface area contributed by atoms with Crippen molar-refractivity contribution in [1.82, 2.24) is 0 Å². The Morgan fingerprint density at radius 2 is 1.57 bits per heavy atom. The van der Waals surface area contributed by atoms with Crippen molar-refractivity contribution in [2.24, 2.45) is 7.05 Å². The Kier molecular flexibility index (Phi) is 3.29. The van der Waals surface area contributed by atoms with Crippen molar-refractivity contribution in [2.45, 2.75) is 27.7 Å². The SMILES string of the molecule is Cc1cc(C)c(C)c(-c2ccc3c(C)cccc3[n+]2C)c1. The number of hydrogen-bond donors (Lipinski definition) is 0. The van der Waals surface area contributed by atoms with Crippen LogP contribution in [0, 0.1) is 27.7 Å². The predicted octanol–water partition coefficient (Wildman–Crippen LogP) is 4.56. The Balaban J connectivity index is 2.34. The molecule has 0 bridgehead atoms. The second-order valence-electron chi connectivity index (χ2n) is 6.04. The van der Waals surface area contributed by atoms with Crippen LogP contribution in [0.15, 0.2) is 42.5 Å². The number of benzene rings is 2. The van der Waals surface area contributed by atoms with Gasteiger partial charge in [0.05, 0.1) is 0 Å². The van der Waals surface area contributed by atoms with Gasteiger partial charge in [-0.2, -0.15) is 4.57 Å². The molecule has 0 fully saturated rings. The lowest BCUT2D eigenvalue weighted by Crippen LogP contribution is -2.32. The van der Waals surface area contributed by atoms with Gasteiger partial charge in [-0.25, -0.2) is 0 Å². The third-order valence-corrected chi connectivity index (χ3v) is 4.52. The minimum atomic E-state index is 1.28. The topological polar surface area (TPSA) is 3.88 Å². The largest absolute Gasteiger partial charge is 0.213 e. The maximum atomic E-state index is 2.31. The third-order valence-electron chi connectivity index (χ3n) is 4.52. The number of aromatic nitrogens is 1. The molecule has 2 aromatic carbocycles. The number of pyridine rings is 1. The van der Waals surface area contributed by atoms with Crippen molar-refractivity contribution in [2.75, 3.05) is 0 Å². The number of rotatable bonds is 1. The normalized spacial score (nSPS) is 11.1. The first-order valence-electron chi connectivity index (χ1n) is 7.45. The lowest BCUT2D eigenvalue weighted by Gasteiger charge is -2.10. The molecule has 0 amide bonds. The summed E-state index contributed by atoms with van der Waals surface area (Å²) in [6.45, 7) is 8.74. The molecular weight excluding hydrogens is 254 g/mol. The quantitative estimate of drug-likeness (QED) is 0.573. The van der Waals surface area contributed by atoms with Crippen LogP contribution in [0.4, 0.5) is 0 Å². The summed E-state index contributed by atoms with van der Waals surface area (Å²) in [5.41, 5.74) is 9.25. The first kappa shape index (κ1) is 13.8. The molecule has 1 nitrogen and oxygen atoms in total. The summed E-state index contributed by atoms with van der Waals surface area (Å²) in [7, 11) is 2.16. The maximum absolute atomic E-state index is 2.31. The lowest BCUT2D eigenvalue weighted by atomic mass is 9.96. The minimum absolute atomic E-state index is 1.28. The van der Waals surface area contributed by atoms with Gasteiger partial charge in [0.2, 0.25) is 11.2 Å². The lowest BCUT2D eigenvalue weighted by molar-refractivity contribution is -0.633. The first-order chi connectivity index (χ1) is 9.99. The van der Waals surface area contributed by atoms with Crippen LogP contribution in [0.25, 0.3) is 22.2 Å². The molecule has 0 saturated carbocycles. The van der Waals surface area contributed by atoms with E-state index >= 15 is 0 Å². The summed E-state index contributed by atoms with van der Waals surface area (Å²) in [6.07, 6.45) is 0. The van der Waals surface area contributed by atoms with E-state index in [0.717, 1.165) is 0 Å². The van der Waals surface area contributed by atoms with Gasteiger partial charge in [0.25, 0.3) is 0 Å². The Labute approximate surface area is 126 Å². The van der Waals surface area contributed by atoms with E-state index < -0.39 is 0 Å². The summed E-state index contributed by atoms with van der Waals surface area (Å²) in [4.78, 5) is 0. The summed E-state index contributed by atoms with van der Waals surface area (Å²) in [6, 6.07) is 15.5. The van der Waals surface area contributed by atoms with Gasteiger partial charge >= 0.3 is 0 Å². The molecule has 0 saturated heterocycles. The van der Waals surface area contributed by atoms with Crippen molar-refractivity contribution < 1.29 is 4.57 Å². The monoisotopic (exact) mass is 276 g/mol. The molecule has 0 unspecified atom stereocenters. The molecule has 3 aromatic rings. The Bertz CT molecular complexity index is 844. The van der Waals surface area contributed by atoms with Gasteiger partial charge in [0.1, 0.15) is 7.05 Å². The second-order valence-corrected chi connectivity index (χ2v) is 6.04. The fourth-order valence-electron chi connectivity index (χ4n) is 3.15. The maximum Gasteiger partial charge on any atom is 0.213 e. The molecule has 1 aromatic heterocycles. The third kappa shape index (κ3) is 2.23. The molecule has 21 heavy (non-hydrogen) atoms. The van der Waals surface area contributed by atoms with Crippen LogP contribution in [0.5, 0.6) is 0 Å². The van der Waals surface area contributed by atoms with Crippen LogP contribution < -0.4 is 4.57 Å². The fourth-order valence-corrected chi connectivity index (χ4v) is 3.15. The Hall–Kier alpha value is -2.15. The predicted molar refractivity (Wildman–Crippen MR) is 89.5 cm³/mol. The van der Waals surface area contributed by atoms with E-state index in [1.165, 1.54) is 44.4 Å². The Morgan fingerprint density at radius 1 is 0.810 bits per heavy atom. The van der Waals surface area contributed by atoms with Crippen molar-refractivity contribution in [3.05, 3.63) is 64.7 Å². The zero-order valence-electron chi connectivity index (χ0n) is 13.5. The van der Waals surface area contributed by atoms with Crippen molar-refractivity contribution in [3.63, 3.8) is 0 Å². The average Bonchev–Trinajstić information content (AvgIpc) is 2.44. The number of nitrogens with zero attached hydrogens (tertiary/aromatic N) is 1. The molecule has 0 atom stereocenters. The van der Waals surface area contributed by atoms with Crippen LogP contribution in [0.3, 0.4) is 0 Å². The molecule has 1 heteroatoms. The molecule has 0 aliphatic heterocycles. The van der Waals surface area contributed by atoms with E-state index in [0.29, 0.717) is 0 Å². The van der Waals surface area contributed by atoms with E-state index in [1.807, 2.05) is 0 Å². The van der Waals surface area contributed by atoms with Crippen molar-refractivity contribution in [3.8, 4) is 11.3 Å². The van der Waals surface area contributed by atoms with Gasteiger partial charge in [0, 0.05) is 23.1 Å². The Morgan fingerprint density at radius 3 is 2.33 bits per heavy atom. The number of fused-ring (bicyclic) bond motifs is 1. The molecule has 1 heterocycles. The highest BCUT2D eigenvalue weighted by atomic mass is 14.9. The van der Waals surface area contributed by atoms with Gasteiger partial charge in [-0.1, -0.05) is 23.8 Å². The minimum Gasteiger partial charge on any atom is -0.194 e. The van der Waals surface area contributed by atoms with Crippen LogP contribution in [0.2, 0.25) is 0 Å². The van der Waals surface area contributed by atoms with Crippen molar-refractivity contribution >= 4 is 10.9 Å². The van der Waals surface area contributed by atoms with Gasteiger partial charge in [-0.05, 0) is 56.5 Å². The van der Waals surface area contributed by atoms with E-state index in [-0.39, 0.29) is 0 Å². The zero-order valence-corrected chi connectivity index (χ0v) is 13.5. The summed E-state index contributed by atoms with van der Waals surface area (Å²) < 4.78 is 2.31. The van der Waals surface area contributed by atoms with Crippen LogP contribution in [-0.4, -0.2) is 0 Å². The van der Waals surface area contributed by atoms with E-state index in [4.69, 9.17) is 0 Å². The first-order valence-corrected chi connectivity index (χ1v) is 7.45. The molecule has 3 rings (SSSR count). The highest BCUT2D eigenvalue weighted by Gasteiger charge is 2.17. The van der Waals surface area contributed by atoms with Crippen LogP contribution in [-0.2, 0) is 7.05 Å². The molecule has 0 spiro atoms. The van der Waals surface area contributed by atoms with Crippen LogP contribution in [0.1, 0.15) is 22.3 Å². The van der Waals surface area contributed by atoms with E-state index in [9.17, 15) is 0 Å². The average molecular weight is 276 g/mol. The fraction of sp³-hybridized carbons (Fsp3) is 0.250. The van der Waals surface area contributed by atoms with Crippen LogP contribution >= 0.6 is 0 Å². The van der Waals surface area contributed by atoms with Gasteiger partial charge in [-0.15, -0.1) is 0 Å². The van der Waals surface area contributed by atoms with Gasteiger partial charge in [-0.3, -0.25) is 0 Å². The molecule has 106 valence electrons. The number of aryl methyl sites for hydroxylation is 4. The highest BCUT2D eigenvalue weighted by Crippen LogP contribution is 2.26.